The van der Waals surface area contributed by atoms with Crippen LogP contribution in [-0.4, -0.2) is 28.7 Å². The molecule has 4 aromatic rings. The largest absolute Gasteiger partial charge is 0.494 e. The van der Waals surface area contributed by atoms with E-state index in [1.807, 2.05) is 49.4 Å². The molecular weight excluding hydrogens is 469 g/mol. The molecule has 7 heteroatoms. The molecule has 0 bridgehead atoms. The van der Waals surface area contributed by atoms with Gasteiger partial charge in [0.1, 0.15) is 16.4 Å². The summed E-state index contributed by atoms with van der Waals surface area (Å²) in [5, 5.41) is 7.94. The van der Waals surface area contributed by atoms with Crippen molar-refractivity contribution in [1.29, 1.82) is 0 Å². The molecule has 5 nitrogen and oxygen atoms in total. The fraction of sp³-hybridized carbons (Fsp3) is 0.148. The molecule has 0 aliphatic carbocycles. The maximum absolute atomic E-state index is 13.6. The van der Waals surface area contributed by atoms with E-state index >= 15 is 0 Å². The number of aryl methyl sites for hydroxylation is 1. The fourth-order valence-corrected chi connectivity index (χ4v) is 4.71. The lowest BCUT2D eigenvalue weighted by molar-refractivity contribution is 0.0711. The Hall–Kier alpha value is -3.41. The van der Waals surface area contributed by atoms with Gasteiger partial charge in [0, 0.05) is 28.0 Å². The van der Waals surface area contributed by atoms with Gasteiger partial charge >= 0.3 is 0 Å². The lowest BCUT2D eigenvalue weighted by Gasteiger charge is -2.23. The van der Waals surface area contributed by atoms with Gasteiger partial charge in [0.05, 0.1) is 18.9 Å². The van der Waals surface area contributed by atoms with Gasteiger partial charge in [-0.1, -0.05) is 71.2 Å². The van der Waals surface area contributed by atoms with Crippen LogP contribution in [0.1, 0.15) is 39.5 Å². The lowest BCUT2D eigenvalue weighted by atomic mass is 9.97. The van der Waals surface area contributed by atoms with Crippen molar-refractivity contribution in [3.63, 3.8) is 0 Å². The number of aromatic nitrogens is 1. The first kappa shape index (κ1) is 22.4. The third-order valence-electron chi connectivity index (χ3n) is 5.91. The summed E-state index contributed by atoms with van der Waals surface area (Å²) in [5.74, 6) is 0.387. The Balaban J connectivity index is 1.62. The zero-order chi connectivity index (χ0) is 23.8. The van der Waals surface area contributed by atoms with Crippen LogP contribution < -0.4 is 4.74 Å². The molecule has 5 rings (SSSR count). The number of para-hydroxylation sites is 1. The summed E-state index contributed by atoms with van der Waals surface area (Å²) in [5.41, 5.74) is 4.75. The number of pyridine rings is 1. The third-order valence-corrected chi connectivity index (χ3v) is 6.45. The molecule has 1 aliphatic heterocycles. The van der Waals surface area contributed by atoms with E-state index in [0.29, 0.717) is 33.4 Å². The van der Waals surface area contributed by atoms with Gasteiger partial charge in [0.2, 0.25) is 0 Å². The van der Waals surface area contributed by atoms with Crippen LogP contribution in [0.4, 0.5) is 0 Å². The Morgan fingerprint density at radius 3 is 2.59 bits per heavy atom. The van der Waals surface area contributed by atoms with Gasteiger partial charge < -0.3 is 4.74 Å². The molecule has 0 radical (unpaired) electrons. The first-order valence-electron chi connectivity index (χ1n) is 10.8. The smallest absolute Gasteiger partial charge is 0.274 e. The highest BCUT2D eigenvalue weighted by atomic mass is 35.5. The number of ether oxygens (including phenoxy) is 1. The fourth-order valence-electron chi connectivity index (χ4n) is 4.26. The minimum Gasteiger partial charge on any atom is -0.494 e. The quantitative estimate of drug-likeness (QED) is 0.294. The van der Waals surface area contributed by atoms with Crippen molar-refractivity contribution < 1.29 is 9.53 Å². The number of carbonyl (C=O) groups excluding carboxylic acids is 1. The summed E-state index contributed by atoms with van der Waals surface area (Å²) in [6.45, 7) is 2.03. The first-order chi connectivity index (χ1) is 16.4. The highest BCUT2D eigenvalue weighted by Gasteiger charge is 2.35. The topological polar surface area (TPSA) is 54.8 Å². The first-order valence-corrected chi connectivity index (χ1v) is 11.6. The molecule has 1 amide bonds. The van der Waals surface area contributed by atoms with E-state index in [4.69, 9.17) is 33.0 Å². The van der Waals surface area contributed by atoms with E-state index in [0.717, 1.165) is 27.8 Å². The molecule has 2 heterocycles. The second-order valence-electron chi connectivity index (χ2n) is 8.20. The molecule has 170 valence electrons. The molecule has 3 aromatic carbocycles. The summed E-state index contributed by atoms with van der Waals surface area (Å²) in [6, 6.07) is 22.2. The Bertz CT molecular complexity index is 1450. The zero-order valence-corrected chi connectivity index (χ0v) is 20.1. The van der Waals surface area contributed by atoms with Crippen molar-refractivity contribution in [2.24, 2.45) is 5.10 Å². The van der Waals surface area contributed by atoms with Crippen LogP contribution in [0.2, 0.25) is 10.2 Å². The standard InChI is InChI=1S/C27H21Cl2N3O2/c1-16-6-3-7-17(12-16)22-15-23(32(31-22)27(33)19-9-4-10-20(28)13-19)21-14-18-8-5-11-24(34-2)25(18)30-26(21)29/h3-14,23H,15H2,1-2H3. The maximum atomic E-state index is 13.6. The summed E-state index contributed by atoms with van der Waals surface area (Å²) in [7, 11) is 1.60. The van der Waals surface area contributed by atoms with Crippen molar-refractivity contribution in [3.05, 3.63) is 105 Å². The van der Waals surface area contributed by atoms with Gasteiger partial charge in [-0.05, 0) is 42.8 Å². The number of nitrogens with zero attached hydrogens (tertiary/aromatic N) is 3. The number of amides is 1. The summed E-state index contributed by atoms with van der Waals surface area (Å²) < 4.78 is 5.44. The number of carbonyl (C=O) groups is 1. The number of benzene rings is 3. The average molecular weight is 490 g/mol. The number of hydrogen-bond donors (Lipinski definition) is 0. The highest BCUT2D eigenvalue weighted by molar-refractivity contribution is 6.31. The predicted octanol–water partition coefficient (Wildman–Crippen LogP) is 6.85. The van der Waals surface area contributed by atoms with E-state index in [9.17, 15) is 4.79 Å². The van der Waals surface area contributed by atoms with Crippen molar-refractivity contribution in [3.8, 4) is 5.75 Å². The molecule has 0 spiro atoms. The predicted molar refractivity (Wildman–Crippen MR) is 136 cm³/mol. The number of methoxy groups -OCH3 is 1. The van der Waals surface area contributed by atoms with Crippen LogP contribution in [0.3, 0.4) is 0 Å². The SMILES string of the molecule is COc1cccc2cc(C3CC(c4cccc(C)c4)=NN3C(=O)c3cccc(Cl)c3)c(Cl)nc12. The van der Waals surface area contributed by atoms with Crippen molar-refractivity contribution >= 4 is 45.7 Å². The van der Waals surface area contributed by atoms with E-state index in [1.54, 1.807) is 31.4 Å². The van der Waals surface area contributed by atoms with Crippen molar-refractivity contribution in [1.82, 2.24) is 9.99 Å². The summed E-state index contributed by atoms with van der Waals surface area (Å²) in [4.78, 5) is 18.2. The Morgan fingerprint density at radius 2 is 1.82 bits per heavy atom. The van der Waals surface area contributed by atoms with E-state index in [-0.39, 0.29) is 5.91 Å². The third kappa shape index (κ3) is 4.13. The van der Waals surface area contributed by atoms with Crippen LogP contribution in [0.25, 0.3) is 10.9 Å². The van der Waals surface area contributed by atoms with E-state index < -0.39 is 6.04 Å². The molecule has 34 heavy (non-hydrogen) atoms. The monoisotopic (exact) mass is 489 g/mol. The van der Waals surface area contributed by atoms with Gasteiger partial charge in [-0.15, -0.1) is 0 Å². The molecule has 1 aliphatic rings. The van der Waals surface area contributed by atoms with Gasteiger partial charge in [-0.2, -0.15) is 5.10 Å². The summed E-state index contributed by atoms with van der Waals surface area (Å²) >= 11 is 12.9. The highest BCUT2D eigenvalue weighted by Crippen LogP contribution is 2.39. The van der Waals surface area contributed by atoms with Crippen LogP contribution in [0, 0.1) is 6.92 Å². The zero-order valence-electron chi connectivity index (χ0n) is 18.6. The summed E-state index contributed by atoms with van der Waals surface area (Å²) in [6.07, 6.45) is 0.507. The molecule has 0 fully saturated rings. The van der Waals surface area contributed by atoms with Gasteiger partial charge in [-0.3, -0.25) is 4.79 Å². The van der Waals surface area contributed by atoms with Crippen molar-refractivity contribution in [2.75, 3.05) is 7.11 Å². The van der Waals surface area contributed by atoms with Crippen LogP contribution in [0.15, 0.2) is 77.9 Å². The molecule has 0 N–H and O–H groups in total. The van der Waals surface area contributed by atoms with Crippen molar-refractivity contribution in [2.45, 2.75) is 19.4 Å². The Morgan fingerprint density at radius 1 is 1.03 bits per heavy atom. The Kier molecular flexibility index (Phi) is 5.98. The van der Waals surface area contributed by atoms with Crippen LogP contribution in [-0.2, 0) is 0 Å². The second-order valence-corrected chi connectivity index (χ2v) is 8.99. The molecule has 1 aromatic heterocycles. The molecule has 0 saturated heterocycles. The average Bonchev–Trinajstić information content (AvgIpc) is 3.28. The maximum Gasteiger partial charge on any atom is 0.274 e. The van der Waals surface area contributed by atoms with Gasteiger partial charge in [0.15, 0.2) is 0 Å². The molecule has 1 unspecified atom stereocenters. The van der Waals surface area contributed by atoms with Gasteiger partial charge in [0.25, 0.3) is 5.91 Å². The number of hydrogen-bond acceptors (Lipinski definition) is 4. The number of halogens is 2. The normalized spacial score (nSPS) is 15.5. The van der Waals surface area contributed by atoms with E-state index in [2.05, 4.69) is 11.1 Å². The second kappa shape index (κ2) is 9.09. The molecular formula is C27H21Cl2N3O2. The number of fused-ring (bicyclic) bond motifs is 1. The van der Waals surface area contributed by atoms with E-state index in [1.165, 1.54) is 5.01 Å². The minimum atomic E-state index is -0.419. The van der Waals surface area contributed by atoms with Gasteiger partial charge in [-0.25, -0.2) is 9.99 Å². The molecule has 0 saturated carbocycles. The van der Waals surface area contributed by atoms with Crippen LogP contribution >= 0.6 is 23.2 Å². The number of rotatable bonds is 4. The molecule has 1 atom stereocenters. The number of hydrazone groups is 1. The van der Waals surface area contributed by atoms with Crippen LogP contribution in [0.5, 0.6) is 5.75 Å². The Labute approximate surface area is 207 Å². The minimum absolute atomic E-state index is 0.253. The lowest BCUT2D eigenvalue weighted by Crippen LogP contribution is -2.27.